The highest BCUT2D eigenvalue weighted by molar-refractivity contribution is 9.10. The van der Waals surface area contributed by atoms with Crippen LogP contribution < -0.4 is 10.5 Å². The molecular weight excluding hydrogens is 378 g/mol. The van der Waals surface area contributed by atoms with Gasteiger partial charge in [0, 0.05) is 26.3 Å². The Labute approximate surface area is 127 Å². The number of hydrogen-bond acceptors (Lipinski definition) is 3. The average molecular weight is 391 g/mol. The molecule has 1 aromatic heterocycles. The van der Waals surface area contributed by atoms with Crippen molar-refractivity contribution in [2.75, 3.05) is 7.11 Å². The lowest BCUT2D eigenvalue weighted by molar-refractivity contribution is 0.413. The molecule has 2 rings (SSSR count). The van der Waals surface area contributed by atoms with Gasteiger partial charge >= 0.3 is 0 Å². The molecule has 0 aliphatic rings. The maximum Gasteiger partial charge on any atom is 0.119 e. The highest BCUT2D eigenvalue weighted by Crippen LogP contribution is 2.31. The summed E-state index contributed by atoms with van der Waals surface area (Å²) in [4.78, 5) is 1.26. The van der Waals surface area contributed by atoms with E-state index in [9.17, 15) is 0 Å². The van der Waals surface area contributed by atoms with Crippen LogP contribution >= 0.6 is 43.2 Å². The zero-order valence-electron chi connectivity index (χ0n) is 9.82. The predicted octanol–water partition coefficient (Wildman–Crippen LogP) is 4.52. The molecule has 2 aromatic rings. The largest absolute Gasteiger partial charge is 0.497 e. The van der Waals surface area contributed by atoms with Crippen LogP contribution in [0.25, 0.3) is 0 Å². The second kappa shape index (κ2) is 6.19. The summed E-state index contributed by atoms with van der Waals surface area (Å²) in [6.45, 7) is 0. The van der Waals surface area contributed by atoms with Crippen LogP contribution in [0.1, 0.15) is 16.5 Å². The summed E-state index contributed by atoms with van der Waals surface area (Å²) in [5.41, 5.74) is 7.34. The van der Waals surface area contributed by atoms with Gasteiger partial charge in [0.1, 0.15) is 5.75 Å². The third kappa shape index (κ3) is 3.15. The van der Waals surface area contributed by atoms with Crippen molar-refractivity contribution in [3.05, 3.63) is 49.0 Å². The number of methoxy groups -OCH3 is 1. The molecular formula is C13H13Br2NOS. The van der Waals surface area contributed by atoms with Gasteiger partial charge in [0.15, 0.2) is 0 Å². The van der Waals surface area contributed by atoms with Gasteiger partial charge in [-0.05, 0) is 51.1 Å². The fourth-order valence-corrected chi connectivity index (χ4v) is 3.83. The van der Waals surface area contributed by atoms with Gasteiger partial charge in [-0.25, -0.2) is 0 Å². The van der Waals surface area contributed by atoms with Crippen molar-refractivity contribution in [3.63, 3.8) is 0 Å². The summed E-state index contributed by atoms with van der Waals surface area (Å²) >= 11 is 8.79. The second-order valence-corrected chi connectivity index (χ2v) is 6.60. The van der Waals surface area contributed by atoms with E-state index in [1.165, 1.54) is 4.88 Å². The van der Waals surface area contributed by atoms with Crippen molar-refractivity contribution >= 4 is 43.2 Å². The summed E-state index contributed by atoms with van der Waals surface area (Å²) in [6.07, 6.45) is 0.810. The predicted molar refractivity (Wildman–Crippen MR) is 83.3 cm³/mol. The first-order chi connectivity index (χ1) is 8.61. The van der Waals surface area contributed by atoms with Crippen molar-refractivity contribution < 1.29 is 4.74 Å². The van der Waals surface area contributed by atoms with Crippen molar-refractivity contribution in [3.8, 4) is 5.75 Å². The van der Waals surface area contributed by atoms with E-state index >= 15 is 0 Å². The Morgan fingerprint density at radius 2 is 2.06 bits per heavy atom. The number of nitrogens with two attached hydrogens (primary N) is 1. The molecule has 1 heterocycles. The highest BCUT2D eigenvalue weighted by atomic mass is 79.9. The monoisotopic (exact) mass is 389 g/mol. The molecule has 18 heavy (non-hydrogen) atoms. The fourth-order valence-electron chi connectivity index (χ4n) is 1.71. The lowest BCUT2D eigenvalue weighted by atomic mass is 10.0. The summed E-state index contributed by atoms with van der Waals surface area (Å²) in [7, 11) is 1.66. The van der Waals surface area contributed by atoms with Crippen LogP contribution in [-0.2, 0) is 6.42 Å². The minimum atomic E-state index is -0.0515. The first-order valence-electron chi connectivity index (χ1n) is 5.42. The Bertz CT molecular complexity index is 542. The number of thiophene rings is 1. The second-order valence-electron chi connectivity index (χ2n) is 3.89. The molecule has 0 saturated heterocycles. The molecule has 0 aliphatic heterocycles. The maximum absolute atomic E-state index is 6.28. The Kier molecular flexibility index (Phi) is 4.84. The minimum Gasteiger partial charge on any atom is -0.497 e. The molecule has 0 saturated carbocycles. The molecule has 0 radical (unpaired) electrons. The minimum absolute atomic E-state index is 0.0515. The molecule has 1 aromatic carbocycles. The fraction of sp³-hybridized carbons (Fsp3) is 0.231. The number of halogens is 2. The Morgan fingerprint density at radius 3 is 2.67 bits per heavy atom. The molecule has 96 valence electrons. The van der Waals surface area contributed by atoms with E-state index in [1.807, 2.05) is 24.3 Å². The van der Waals surface area contributed by atoms with E-state index in [2.05, 4.69) is 37.2 Å². The number of ether oxygens (including phenoxy) is 1. The smallest absolute Gasteiger partial charge is 0.119 e. The zero-order chi connectivity index (χ0) is 13.1. The van der Waals surface area contributed by atoms with Crippen molar-refractivity contribution in [2.24, 2.45) is 5.73 Å². The summed E-state index contributed by atoms with van der Waals surface area (Å²) < 4.78 is 7.38. The molecule has 1 atom stereocenters. The molecule has 0 amide bonds. The van der Waals surface area contributed by atoms with Gasteiger partial charge in [-0.3, -0.25) is 0 Å². The molecule has 5 heteroatoms. The first kappa shape index (κ1) is 14.1. The maximum atomic E-state index is 6.28. The summed E-state index contributed by atoms with van der Waals surface area (Å²) in [5.74, 6) is 0.828. The topological polar surface area (TPSA) is 35.2 Å². The van der Waals surface area contributed by atoms with Gasteiger partial charge in [0.05, 0.1) is 7.11 Å². The summed E-state index contributed by atoms with van der Waals surface area (Å²) in [6, 6.07) is 7.87. The van der Waals surface area contributed by atoms with E-state index in [0.29, 0.717) is 0 Å². The molecule has 2 nitrogen and oxygen atoms in total. The van der Waals surface area contributed by atoms with E-state index < -0.39 is 0 Å². The zero-order valence-corrected chi connectivity index (χ0v) is 13.8. The van der Waals surface area contributed by atoms with Crippen LogP contribution in [-0.4, -0.2) is 7.11 Å². The van der Waals surface area contributed by atoms with Crippen LogP contribution in [0.2, 0.25) is 0 Å². The highest BCUT2D eigenvalue weighted by Gasteiger charge is 2.14. The van der Waals surface area contributed by atoms with E-state index in [4.69, 9.17) is 10.5 Å². The van der Waals surface area contributed by atoms with Crippen LogP contribution in [0.3, 0.4) is 0 Å². The molecule has 0 aliphatic carbocycles. The van der Waals surface area contributed by atoms with Crippen molar-refractivity contribution in [1.82, 2.24) is 0 Å². The van der Waals surface area contributed by atoms with Gasteiger partial charge < -0.3 is 10.5 Å². The Hall–Kier alpha value is -0.360. The molecule has 0 bridgehead atoms. The van der Waals surface area contributed by atoms with Gasteiger partial charge in [0.2, 0.25) is 0 Å². The van der Waals surface area contributed by atoms with Crippen LogP contribution in [0.4, 0.5) is 0 Å². The van der Waals surface area contributed by atoms with E-state index in [-0.39, 0.29) is 6.04 Å². The Balaban J connectivity index is 2.23. The number of hydrogen-bond donors (Lipinski definition) is 1. The van der Waals surface area contributed by atoms with Gasteiger partial charge in [-0.1, -0.05) is 15.9 Å². The Morgan fingerprint density at radius 1 is 1.28 bits per heavy atom. The number of benzene rings is 1. The normalized spacial score (nSPS) is 12.4. The third-order valence-electron chi connectivity index (χ3n) is 2.70. The number of rotatable bonds is 4. The van der Waals surface area contributed by atoms with Crippen molar-refractivity contribution in [2.45, 2.75) is 12.5 Å². The van der Waals surface area contributed by atoms with E-state index in [0.717, 1.165) is 26.7 Å². The third-order valence-corrected chi connectivity index (χ3v) is 5.37. The quantitative estimate of drug-likeness (QED) is 0.832. The molecule has 0 spiro atoms. The van der Waals surface area contributed by atoms with E-state index in [1.54, 1.807) is 18.4 Å². The van der Waals surface area contributed by atoms with Crippen LogP contribution in [0.5, 0.6) is 5.75 Å². The lowest BCUT2D eigenvalue weighted by Crippen LogP contribution is -2.13. The van der Waals surface area contributed by atoms with Gasteiger partial charge in [-0.2, -0.15) is 0 Å². The molecule has 2 N–H and O–H groups in total. The van der Waals surface area contributed by atoms with Crippen molar-refractivity contribution in [1.29, 1.82) is 0 Å². The lowest BCUT2D eigenvalue weighted by Gasteiger charge is -2.14. The van der Waals surface area contributed by atoms with Crippen LogP contribution in [0, 0.1) is 0 Å². The SMILES string of the molecule is COc1ccc(Br)c(C(N)Cc2sccc2Br)c1. The standard InChI is InChI=1S/C13H13Br2NOS/c1-17-8-2-3-10(14)9(6-8)12(16)7-13-11(15)4-5-18-13/h2-6,12H,7,16H2,1H3. The van der Waals surface area contributed by atoms with Gasteiger partial charge in [0.25, 0.3) is 0 Å². The van der Waals surface area contributed by atoms with Crippen LogP contribution in [0.15, 0.2) is 38.6 Å². The summed E-state index contributed by atoms with van der Waals surface area (Å²) in [5, 5.41) is 2.06. The van der Waals surface area contributed by atoms with Gasteiger partial charge in [-0.15, -0.1) is 11.3 Å². The molecule has 0 fully saturated rings. The molecule has 1 unspecified atom stereocenters. The first-order valence-corrected chi connectivity index (χ1v) is 7.89. The average Bonchev–Trinajstić information content (AvgIpc) is 2.75.